The van der Waals surface area contributed by atoms with Crippen LogP contribution >= 0.6 is 0 Å². The van der Waals surface area contributed by atoms with Crippen LogP contribution in [0.3, 0.4) is 0 Å². The van der Waals surface area contributed by atoms with Crippen molar-refractivity contribution in [1.29, 1.82) is 0 Å². The number of halogens is 1. The molecule has 188 valence electrons. The first-order chi connectivity index (χ1) is 17.3. The average Bonchev–Trinajstić information content (AvgIpc) is 2.82. The lowest BCUT2D eigenvalue weighted by molar-refractivity contribution is 0.0361. The van der Waals surface area contributed by atoms with Crippen molar-refractivity contribution < 1.29 is 24.1 Å². The monoisotopic (exact) mass is 489 g/mol. The highest BCUT2D eigenvalue weighted by Gasteiger charge is 2.31. The van der Waals surface area contributed by atoms with Crippen LogP contribution in [0.4, 0.5) is 4.39 Å². The zero-order chi connectivity index (χ0) is 25.4. The fourth-order valence-corrected chi connectivity index (χ4v) is 5.06. The Morgan fingerprint density at radius 3 is 2.47 bits per heavy atom. The maximum absolute atomic E-state index is 14.2. The van der Waals surface area contributed by atoms with Crippen molar-refractivity contribution >= 4 is 11.1 Å². The van der Waals surface area contributed by atoms with Crippen molar-refractivity contribution in [2.75, 3.05) is 19.7 Å². The lowest BCUT2D eigenvalue weighted by Gasteiger charge is -2.42. The molecule has 1 unspecified atom stereocenters. The molecular formula is C30H32FNO4. The van der Waals surface area contributed by atoms with Crippen LogP contribution in [0.25, 0.3) is 11.1 Å². The van der Waals surface area contributed by atoms with Crippen LogP contribution in [0, 0.1) is 11.7 Å². The normalized spacial score (nSPS) is 18.8. The highest BCUT2D eigenvalue weighted by Crippen LogP contribution is 2.48. The van der Waals surface area contributed by atoms with Crippen LogP contribution in [0.2, 0.25) is 0 Å². The molecule has 1 saturated heterocycles. The van der Waals surface area contributed by atoms with Gasteiger partial charge in [0.1, 0.15) is 41.5 Å². The van der Waals surface area contributed by atoms with Crippen LogP contribution in [-0.2, 0) is 0 Å². The number of allylic oxidation sites excluding steroid dienone is 1. The van der Waals surface area contributed by atoms with Crippen molar-refractivity contribution in [3.8, 4) is 23.0 Å². The molecule has 5 nitrogen and oxygen atoms in total. The van der Waals surface area contributed by atoms with E-state index in [1.807, 2.05) is 31.2 Å². The zero-order valence-corrected chi connectivity index (χ0v) is 20.9. The maximum atomic E-state index is 14.2. The van der Waals surface area contributed by atoms with Gasteiger partial charge in [0.05, 0.1) is 0 Å². The minimum atomic E-state index is -0.531. The van der Waals surface area contributed by atoms with Crippen molar-refractivity contribution in [2.24, 2.45) is 5.92 Å². The molecule has 5 rings (SSSR count). The quantitative estimate of drug-likeness (QED) is 0.402. The molecule has 0 spiro atoms. The summed E-state index contributed by atoms with van der Waals surface area (Å²) in [5.41, 5.74) is 3.71. The molecule has 0 radical (unpaired) electrons. The summed E-state index contributed by atoms with van der Waals surface area (Å²) in [7, 11) is 0. The molecule has 36 heavy (non-hydrogen) atoms. The minimum Gasteiger partial charge on any atom is -0.508 e. The van der Waals surface area contributed by atoms with Gasteiger partial charge in [-0.15, -0.1) is 0 Å². The van der Waals surface area contributed by atoms with Gasteiger partial charge in [-0.05, 0) is 78.9 Å². The lowest BCUT2D eigenvalue weighted by Crippen LogP contribution is -2.52. The number of phenols is 2. The Hall–Kier alpha value is -3.51. The predicted octanol–water partition coefficient (Wildman–Crippen LogP) is 6.41. The SMILES string of the molecule is CCC1CN([C@@H](C)COc2ccc(C3Oc4ccc(O)cc4C(C)=C3c3cc(O)cc(F)c3)cc2)C1. The van der Waals surface area contributed by atoms with Gasteiger partial charge in [-0.3, -0.25) is 4.90 Å². The molecule has 0 aliphatic carbocycles. The first kappa shape index (κ1) is 24.2. The van der Waals surface area contributed by atoms with Gasteiger partial charge in [0.15, 0.2) is 0 Å². The van der Waals surface area contributed by atoms with Crippen LogP contribution in [-0.4, -0.2) is 40.9 Å². The van der Waals surface area contributed by atoms with E-state index < -0.39 is 11.9 Å². The van der Waals surface area contributed by atoms with E-state index in [9.17, 15) is 14.6 Å². The molecule has 2 atom stereocenters. The van der Waals surface area contributed by atoms with Gasteiger partial charge in [-0.2, -0.15) is 0 Å². The van der Waals surface area contributed by atoms with E-state index in [0.29, 0.717) is 24.0 Å². The summed E-state index contributed by atoms with van der Waals surface area (Å²) in [5.74, 6) is 1.66. The molecule has 0 saturated carbocycles. The van der Waals surface area contributed by atoms with Crippen LogP contribution in [0.1, 0.15) is 50.0 Å². The van der Waals surface area contributed by atoms with E-state index in [0.717, 1.165) is 53.1 Å². The molecule has 2 heterocycles. The first-order valence-corrected chi connectivity index (χ1v) is 12.5. The summed E-state index contributed by atoms with van der Waals surface area (Å²) < 4.78 is 26.7. The molecule has 0 amide bonds. The number of phenolic OH excluding ortho intramolecular Hbond substituents is 2. The highest BCUT2D eigenvalue weighted by atomic mass is 19.1. The smallest absolute Gasteiger partial charge is 0.150 e. The summed E-state index contributed by atoms with van der Waals surface area (Å²) in [6.07, 6.45) is 0.703. The molecule has 0 bridgehead atoms. The Morgan fingerprint density at radius 2 is 1.78 bits per heavy atom. The third-order valence-electron chi connectivity index (χ3n) is 7.33. The van der Waals surface area contributed by atoms with Crippen LogP contribution in [0.15, 0.2) is 60.7 Å². The lowest BCUT2D eigenvalue weighted by atomic mass is 9.86. The Morgan fingerprint density at radius 1 is 1.03 bits per heavy atom. The number of likely N-dealkylation sites (tertiary alicyclic amines) is 1. The predicted molar refractivity (Wildman–Crippen MR) is 139 cm³/mol. The summed E-state index contributed by atoms with van der Waals surface area (Å²) >= 11 is 0. The Labute approximate surface area is 211 Å². The summed E-state index contributed by atoms with van der Waals surface area (Å²) in [4.78, 5) is 2.45. The molecule has 2 N–H and O–H groups in total. The van der Waals surface area contributed by atoms with Crippen molar-refractivity contribution in [2.45, 2.75) is 39.3 Å². The zero-order valence-electron chi connectivity index (χ0n) is 20.9. The maximum Gasteiger partial charge on any atom is 0.150 e. The van der Waals surface area contributed by atoms with Gasteiger partial charge in [0, 0.05) is 36.3 Å². The van der Waals surface area contributed by atoms with Crippen LogP contribution < -0.4 is 9.47 Å². The molecular weight excluding hydrogens is 457 g/mol. The van der Waals surface area contributed by atoms with Crippen molar-refractivity contribution in [3.05, 3.63) is 83.2 Å². The molecule has 3 aromatic rings. The second-order valence-electron chi connectivity index (χ2n) is 9.87. The third kappa shape index (κ3) is 4.78. The number of benzene rings is 3. The van der Waals surface area contributed by atoms with Gasteiger partial charge in [-0.1, -0.05) is 25.5 Å². The Kier molecular flexibility index (Phi) is 6.63. The highest BCUT2D eigenvalue weighted by molar-refractivity contribution is 5.95. The summed E-state index contributed by atoms with van der Waals surface area (Å²) in [6.45, 7) is 9.26. The van der Waals surface area contributed by atoms with E-state index in [2.05, 4.69) is 18.7 Å². The fourth-order valence-electron chi connectivity index (χ4n) is 5.06. The number of hydrogen-bond acceptors (Lipinski definition) is 5. The van der Waals surface area contributed by atoms with E-state index in [1.54, 1.807) is 18.2 Å². The number of ether oxygens (including phenoxy) is 2. The van der Waals surface area contributed by atoms with E-state index in [4.69, 9.17) is 9.47 Å². The van der Waals surface area contributed by atoms with Gasteiger partial charge >= 0.3 is 0 Å². The fraction of sp³-hybridized carbons (Fsp3) is 0.333. The topological polar surface area (TPSA) is 62.2 Å². The van der Waals surface area contributed by atoms with E-state index >= 15 is 0 Å². The van der Waals surface area contributed by atoms with Crippen molar-refractivity contribution in [1.82, 2.24) is 4.90 Å². The molecule has 0 aromatic heterocycles. The van der Waals surface area contributed by atoms with Gasteiger partial charge < -0.3 is 19.7 Å². The molecule has 6 heteroatoms. The van der Waals surface area contributed by atoms with Crippen molar-refractivity contribution in [3.63, 3.8) is 0 Å². The number of nitrogens with zero attached hydrogens (tertiary/aromatic N) is 1. The second-order valence-corrected chi connectivity index (χ2v) is 9.87. The summed E-state index contributed by atoms with van der Waals surface area (Å²) in [6, 6.07) is 17.1. The van der Waals surface area contributed by atoms with Crippen LogP contribution in [0.5, 0.6) is 23.0 Å². The average molecular weight is 490 g/mol. The molecule has 2 aliphatic rings. The summed E-state index contributed by atoms with van der Waals surface area (Å²) in [5, 5.41) is 20.1. The second kappa shape index (κ2) is 9.86. The number of fused-ring (bicyclic) bond motifs is 1. The molecule has 1 fully saturated rings. The minimum absolute atomic E-state index is 0.121. The van der Waals surface area contributed by atoms with Gasteiger partial charge in [0.2, 0.25) is 0 Å². The number of rotatable bonds is 7. The standard InChI is InChI=1S/C30H32FNO4/c1-4-20-15-32(16-20)18(2)17-35-26-8-5-21(6-9-26)30-29(22-11-23(31)13-25(34)12-22)19(3)27-14-24(33)7-10-28(27)36-30/h5-14,18,20,30,33-34H,4,15-17H2,1-3H3/t18-,30?/m0/s1. The Bertz CT molecular complexity index is 1260. The molecule has 2 aliphatic heterocycles. The first-order valence-electron chi connectivity index (χ1n) is 12.5. The largest absolute Gasteiger partial charge is 0.508 e. The van der Waals surface area contributed by atoms with E-state index in [1.165, 1.54) is 18.6 Å². The number of aromatic hydroxyl groups is 2. The molecule has 3 aromatic carbocycles. The Balaban J connectivity index is 1.41. The number of hydrogen-bond donors (Lipinski definition) is 2. The van der Waals surface area contributed by atoms with Gasteiger partial charge in [0.25, 0.3) is 0 Å². The van der Waals surface area contributed by atoms with E-state index in [-0.39, 0.29) is 11.5 Å². The third-order valence-corrected chi connectivity index (χ3v) is 7.33. The van der Waals surface area contributed by atoms with Gasteiger partial charge in [-0.25, -0.2) is 4.39 Å².